The first-order valence-corrected chi connectivity index (χ1v) is 9.46. The minimum atomic E-state index is 0.872. The Bertz CT molecular complexity index is 538. The summed E-state index contributed by atoms with van der Waals surface area (Å²) in [5, 5.41) is 0. The van der Waals surface area contributed by atoms with Crippen molar-refractivity contribution in [3.8, 4) is 5.75 Å². The maximum Gasteiger partial charge on any atom is 0.123 e. The maximum absolute atomic E-state index is 5.50. The van der Waals surface area contributed by atoms with E-state index in [4.69, 9.17) is 4.74 Å². The summed E-state index contributed by atoms with van der Waals surface area (Å²) in [4.78, 5) is 5.19. The van der Waals surface area contributed by atoms with Crippen LogP contribution in [-0.4, -0.2) is 49.6 Å². The van der Waals surface area contributed by atoms with Crippen LogP contribution in [0, 0.1) is 5.92 Å². The van der Waals surface area contributed by atoms with E-state index in [1.54, 1.807) is 7.11 Å². The summed E-state index contributed by atoms with van der Waals surface area (Å²) in [6, 6.07) is 6.27. The molecular weight excluding hydrogens is 352 g/mol. The number of benzene rings is 1. The van der Waals surface area contributed by atoms with E-state index < -0.39 is 0 Å². The molecule has 0 N–H and O–H groups in total. The predicted molar refractivity (Wildman–Crippen MR) is 98.9 cm³/mol. The van der Waals surface area contributed by atoms with Gasteiger partial charge in [-0.25, -0.2) is 0 Å². The first-order chi connectivity index (χ1) is 11.2. The van der Waals surface area contributed by atoms with E-state index in [9.17, 15) is 0 Å². The zero-order valence-corrected chi connectivity index (χ0v) is 15.6. The fourth-order valence-electron chi connectivity index (χ4n) is 3.63. The summed E-state index contributed by atoms with van der Waals surface area (Å²) in [7, 11) is 1.75. The minimum Gasteiger partial charge on any atom is -0.496 e. The SMILES string of the molecule is COc1ccc(Br)cc1CN1CCN(C[C@H]2CC=CCC2)CC1. The van der Waals surface area contributed by atoms with Crippen LogP contribution in [0.2, 0.25) is 0 Å². The molecule has 1 saturated heterocycles. The quantitative estimate of drug-likeness (QED) is 0.721. The number of allylic oxidation sites excluding steroid dienone is 2. The number of hydrogen-bond acceptors (Lipinski definition) is 3. The van der Waals surface area contributed by atoms with Gasteiger partial charge in [0, 0.05) is 49.3 Å². The van der Waals surface area contributed by atoms with E-state index >= 15 is 0 Å². The molecule has 1 atom stereocenters. The van der Waals surface area contributed by atoms with Crippen molar-refractivity contribution in [2.45, 2.75) is 25.8 Å². The molecule has 126 valence electrons. The molecule has 2 aliphatic rings. The summed E-state index contributed by atoms with van der Waals surface area (Å²) in [6.45, 7) is 6.94. The van der Waals surface area contributed by atoms with Gasteiger partial charge >= 0.3 is 0 Å². The zero-order valence-electron chi connectivity index (χ0n) is 14.0. The average Bonchev–Trinajstić information content (AvgIpc) is 2.58. The van der Waals surface area contributed by atoms with Crippen molar-refractivity contribution < 1.29 is 4.74 Å². The third-order valence-corrected chi connectivity index (χ3v) is 5.49. The van der Waals surface area contributed by atoms with E-state index in [1.165, 1.54) is 44.5 Å². The van der Waals surface area contributed by atoms with E-state index in [0.29, 0.717) is 0 Å². The van der Waals surface area contributed by atoms with Crippen LogP contribution in [0.1, 0.15) is 24.8 Å². The fraction of sp³-hybridized carbons (Fsp3) is 0.579. The number of methoxy groups -OCH3 is 1. The third kappa shape index (κ3) is 4.82. The van der Waals surface area contributed by atoms with Crippen molar-refractivity contribution in [1.82, 2.24) is 9.80 Å². The van der Waals surface area contributed by atoms with Gasteiger partial charge < -0.3 is 9.64 Å². The molecule has 0 unspecified atom stereocenters. The second kappa shape index (κ2) is 8.32. The highest BCUT2D eigenvalue weighted by atomic mass is 79.9. The van der Waals surface area contributed by atoms with Crippen molar-refractivity contribution in [3.63, 3.8) is 0 Å². The number of hydrogen-bond donors (Lipinski definition) is 0. The predicted octanol–water partition coefficient (Wildman–Crippen LogP) is 3.93. The molecule has 4 heteroatoms. The molecule has 1 aromatic rings. The first-order valence-electron chi connectivity index (χ1n) is 8.66. The molecule has 1 aromatic carbocycles. The van der Waals surface area contributed by atoms with E-state index in [2.05, 4.69) is 43.9 Å². The van der Waals surface area contributed by atoms with Gasteiger partial charge in [0.25, 0.3) is 0 Å². The number of rotatable bonds is 5. The van der Waals surface area contributed by atoms with Gasteiger partial charge in [-0.15, -0.1) is 0 Å². The molecule has 23 heavy (non-hydrogen) atoms. The number of piperazine rings is 1. The van der Waals surface area contributed by atoms with Crippen molar-refractivity contribution in [3.05, 3.63) is 40.4 Å². The van der Waals surface area contributed by atoms with Crippen molar-refractivity contribution in [2.75, 3.05) is 39.8 Å². The maximum atomic E-state index is 5.50. The van der Waals surface area contributed by atoms with Gasteiger partial charge in [0.05, 0.1) is 7.11 Å². The highest BCUT2D eigenvalue weighted by Crippen LogP contribution is 2.25. The molecule has 3 rings (SSSR count). The van der Waals surface area contributed by atoms with E-state index in [0.717, 1.165) is 35.8 Å². The van der Waals surface area contributed by atoms with Crippen LogP contribution >= 0.6 is 15.9 Å². The number of ether oxygens (including phenoxy) is 1. The molecule has 1 fully saturated rings. The lowest BCUT2D eigenvalue weighted by molar-refractivity contribution is 0.110. The van der Waals surface area contributed by atoms with E-state index in [1.807, 2.05) is 12.1 Å². The summed E-state index contributed by atoms with van der Waals surface area (Å²) in [6.07, 6.45) is 8.61. The Morgan fingerprint density at radius 2 is 1.91 bits per heavy atom. The molecule has 3 nitrogen and oxygen atoms in total. The van der Waals surface area contributed by atoms with Crippen LogP contribution in [0.5, 0.6) is 5.75 Å². The van der Waals surface area contributed by atoms with Gasteiger partial charge in [0.2, 0.25) is 0 Å². The molecule has 0 aromatic heterocycles. The monoisotopic (exact) mass is 378 g/mol. The highest BCUT2D eigenvalue weighted by Gasteiger charge is 2.21. The normalized spacial score (nSPS) is 23.1. The molecule has 0 saturated carbocycles. The van der Waals surface area contributed by atoms with Gasteiger partial charge in [-0.1, -0.05) is 28.1 Å². The number of nitrogens with zero attached hydrogens (tertiary/aromatic N) is 2. The lowest BCUT2D eigenvalue weighted by Crippen LogP contribution is -2.47. The van der Waals surface area contributed by atoms with Crippen molar-refractivity contribution in [1.29, 1.82) is 0 Å². The minimum absolute atomic E-state index is 0.872. The smallest absolute Gasteiger partial charge is 0.123 e. The van der Waals surface area contributed by atoms with Crippen LogP contribution in [-0.2, 0) is 6.54 Å². The summed E-state index contributed by atoms with van der Waals surface area (Å²) < 4.78 is 6.62. The largest absolute Gasteiger partial charge is 0.496 e. The fourth-order valence-corrected chi connectivity index (χ4v) is 4.04. The molecule has 0 bridgehead atoms. The molecule has 0 radical (unpaired) electrons. The molecule has 1 aliphatic heterocycles. The third-order valence-electron chi connectivity index (χ3n) is 5.00. The summed E-state index contributed by atoms with van der Waals surface area (Å²) in [5.74, 6) is 1.86. The Hall–Kier alpha value is -0.840. The van der Waals surface area contributed by atoms with Crippen LogP contribution in [0.15, 0.2) is 34.8 Å². The molecular formula is C19H27BrN2O. The number of halogens is 1. The second-order valence-corrected chi connectivity index (χ2v) is 7.60. The zero-order chi connectivity index (χ0) is 16.1. The Kier molecular flexibility index (Phi) is 6.15. The molecule has 1 heterocycles. The van der Waals surface area contributed by atoms with Crippen molar-refractivity contribution in [2.24, 2.45) is 5.92 Å². The Balaban J connectivity index is 1.49. The van der Waals surface area contributed by atoms with Crippen LogP contribution < -0.4 is 4.74 Å². The van der Waals surface area contributed by atoms with Crippen molar-refractivity contribution >= 4 is 15.9 Å². The summed E-state index contributed by atoms with van der Waals surface area (Å²) in [5.41, 5.74) is 1.27. The lowest BCUT2D eigenvalue weighted by atomic mass is 9.94. The van der Waals surface area contributed by atoms with Crippen LogP contribution in [0.4, 0.5) is 0 Å². The highest BCUT2D eigenvalue weighted by molar-refractivity contribution is 9.10. The van der Waals surface area contributed by atoms with Gasteiger partial charge in [0.1, 0.15) is 5.75 Å². The van der Waals surface area contributed by atoms with Crippen LogP contribution in [0.3, 0.4) is 0 Å². The van der Waals surface area contributed by atoms with Gasteiger partial charge in [-0.3, -0.25) is 4.90 Å². The topological polar surface area (TPSA) is 15.7 Å². The second-order valence-electron chi connectivity index (χ2n) is 6.68. The molecule has 0 spiro atoms. The standard InChI is InChI=1S/C19H27BrN2O/c1-23-19-8-7-18(20)13-17(19)15-22-11-9-21(10-12-22)14-16-5-3-2-4-6-16/h2-3,7-8,13,16H,4-6,9-12,14-15H2,1H3/t16-/m0/s1. The van der Waals surface area contributed by atoms with Gasteiger partial charge in [-0.2, -0.15) is 0 Å². The lowest BCUT2D eigenvalue weighted by Gasteiger charge is -2.37. The summed E-state index contributed by atoms with van der Waals surface area (Å²) >= 11 is 3.57. The Labute approximate surface area is 148 Å². The molecule has 0 amide bonds. The van der Waals surface area contributed by atoms with Gasteiger partial charge in [0.15, 0.2) is 0 Å². The first kappa shape index (κ1) is 17.0. The van der Waals surface area contributed by atoms with E-state index in [-0.39, 0.29) is 0 Å². The van der Waals surface area contributed by atoms with Crippen LogP contribution in [0.25, 0.3) is 0 Å². The Morgan fingerprint density at radius 1 is 1.13 bits per heavy atom. The Morgan fingerprint density at radius 3 is 2.61 bits per heavy atom. The van der Waals surface area contributed by atoms with Gasteiger partial charge in [-0.05, 0) is 43.4 Å². The average molecular weight is 379 g/mol. The molecule has 1 aliphatic carbocycles.